The molecule has 11 aromatic rings. The predicted molar refractivity (Wildman–Crippen MR) is 257 cm³/mol. The third kappa shape index (κ3) is 5.54. The van der Waals surface area contributed by atoms with Crippen LogP contribution in [-0.4, -0.2) is 0 Å². The van der Waals surface area contributed by atoms with E-state index in [9.17, 15) is 0 Å². The standard InChI is InChI=1S/C58H36N2O2/c1-2-12-37(13-3-1)41-20-10-21-48(30-41)59-51-26-24-44(34-55(51)61-57-33-43-18-7-6-17-42(43)31-53(57)59)45-25-27-52-56(35-45)62-58-36-47-29-40-16-5-4-15-39(40)28-46(47)32-54(58)60(52)50-23-11-19-38-14-8-9-22-49(38)50/h1-36H. The van der Waals surface area contributed by atoms with E-state index in [1.165, 1.54) is 32.5 Å². The molecule has 0 saturated heterocycles. The second kappa shape index (κ2) is 13.6. The van der Waals surface area contributed by atoms with Crippen molar-refractivity contribution in [2.24, 2.45) is 0 Å². The summed E-state index contributed by atoms with van der Waals surface area (Å²) in [5.41, 5.74) is 10.5. The van der Waals surface area contributed by atoms with Gasteiger partial charge in [-0.1, -0.05) is 140 Å². The Morgan fingerprint density at radius 2 is 0.710 bits per heavy atom. The maximum absolute atomic E-state index is 6.96. The van der Waals surface area contributed by atoms with Crippen molar-refractivity contribution in [3.63, 3.8) is 0 Å². The van der Waals surface area contributed by atoms with E-state index in [4.69, 9.17) is 9.47 Å². The lowest BCUT2D eigenvalue weighted by molar-refractivity contribution is 0.477. The average Bonchev–Trinajstić information content (AvgIpc) is 3.33. The smallest absolute Gasteiger partial charge is 0.152 e. The van der Waals surface area contributed by atoms with Crippen LogP contribution < -0.4 is 19.3 Å². The highest BCUT2D eigenvalue weighted by Gasteiger charge is 2.30. The summed E-state index contributed by atoms with van der Waals surface area (Å²) >= 11 is 0. The molecule has 0 spiro atoms. The molecule has 13 rings (SSSR count). The average molecular weight is 793 g/mol. The zero-order valence-corrected chi connectivity index (χ0v) is 33.5. The third-order valence-corrected chi connectivity index (χ3v) is 12.5. The fraction of sp³-hybridized carbons (Fsp3) is 0. The van der Waals surface area contributed by atoms with Gasteiger partial charge in [-0.2, -0.15) is 0 Å². The highest BCUT2D eigenvalue weighted by molar-refractivity contribution is 6.06. The van der Waals surface area contributed by atoms with Crippen LogP contribution in [0.25, 0.3) is 65.3 Å². The topological polar surface area (TPSA) is 24.9 Å². The van der Waals surface area contributed by atoms with E-state index in [1.807, 2.05) is 0 Å². The zero-order chi connectivity index (χ0) is 40.7. The molecule has 0 saturated carbocycles. The van der Waals surface area contributed by atoms with E-state index in [-0.39, 0.29) is 0 Å². The van der Waals surface area contributed by atoms with Gasteiger partial charge in [-0.25, -0.2) is 0 Å². The van der Waals surface area contributed by atoms with Crippen LogP contribution in [0.1, 0.15) is 0 Å². The van der Waals surface area contributed by atoms with Crippen LogP contribution in [0.5, 0.6) is 23.0 Å². The molecule has 11 aromatic carbocycles. The second-order valence-corrected chi connectivity index (χ2v) is 16.2. The van der Waals surface area contributed by atoms with Gasteiger partial charge in [0, 0.05) is 11.1 Å². The molecule has 0 aromatic heterocycles. The van der Waals surface area contributed by atoms with Crippen molar-refractivity contribution in [2.75, 3.05) is 9.80 Å². The van der Waals surface area contributed by atoms with E-state index >= 15 is 0 Å². The van der Waals surface area contributed by atoms with E-state index in [1.54, 1.807) is 0 Å². The van der Waals surface area contributed by atoms with Crippen molar-refractivity contribution < 1.29 is 9.47 Å². The molecule has 290 valence electrons. The van der Waals surface area contributed by atoms with Gasteiger partial charge < -0.3 is 19.3 Å². The molecule has 0 unspecified atom stereocenters. The Bertz CT molecular complexity index is 3610. The summed E-state index contributed by atoms with van der Waals surface area (Å²) in [5.74, 6) is 3.21. The van der Waals surface area contributed by atoms with E-state index in [2.05, 4.69) is 228 Å². The number of fused-ring (bicyclic) bond motifs is 8. The number of rotatable bonds is 4. The first-order valence-electron chi connectivity index (χ1n) is 21.1. The Hall–Kier alpha value is -8.34. The Morgan fingerprint density at radius 3 is 1.42 bits per heavy atom. The summed E-state index contributed by atoms with van der Waals surface area (Å²) in [6, 6.07) is 78.0. The van der Waals surface area contributed by atoms with E-state index in [0.29, 0.717) is 0 Å². The van der Waals surface area contributed by atoms with Crippen LogP contribution in [0.3, 0.4) is 0 Å². The summed E-state index contributed by atoms with van der Waals surface area (Å²) in [6.07, 6.45) is 0. The largest absolute Gasteiger partial charge is 0.453 e. The molecule has 0 amide bonds. The fourth-order valence-electron chi connectivity index (χ4n) is 9.49. The molecule has 4 nitrogen and oxygen atoms in total. The molecule has 2 aliphatic heterocycles. The maximum atomic E-state index is 6.96. The lowest BCUT2D eigenvalue weighted by Crippen LogP contribution is -2.16. The third-order valence-electron chi connectivity index (χ3n) is 12.5. The monoisotopic (exact) mass is 792 g/mol. The summed E-state index contributed by atoms with van der Waals surface area (Å²) in [7, 11) is 0. The van der Waals surface area contributed by atoms with Crippen LogP contribution in [0, 0.1) is 0 Å². The summed E-state index contributed by atoms with van der Waals surface area (Å²) < 4.78 is 13.8. The van der Waals surface area contributed by atoms with Gasteiger partial charge in [-0.3, -0.25) is 0 Å². The minimum Gasteiger partial charge on any atom is -0.453 e. The Kier molecular flexibility index (Phi) is 7.57. The molecule has 2 aliphatic rings. The second-order valence-electron chi connectivity index (χ2n) is 16.2. The van der Waals surface area contributed by atoms with Crippen LogP contribution in [0.2, 0.25) is 0 Å². The molecule has 0 N–H and O–H groups in total. The normalized spacial score (nSPS) is 12.7. The van der Waals surface area contributed by atoms with E-state index < -0.39 is 0 Å². The molecule has 0 atom stereocenters. The van der Waals surface area contributed by atoms with Crippen LogP contribution in [0.4, 0.5) is 34.1 Å². The molecule has 2 heterocycles. The lowest BCUT2D eigenvalue weighted by atomic mass is 9.98. The molecule has 62 heavy (non-hydrogen) atoms. The number of anilines is 6. The van der Waals surface area contributed by atoms with Gasteiger partial charge in [0.2, 0.25) is 0 Å². The van der Waals surface area contributed by atoms with E-state index in [0.717, 1.165) is 90.0 Å². The predicted octanol–water partition coefficient (Wildman–Crippen LogP) is 16.8. The van der Waals surface area contributed by atoms with Crippen LogP contribution in [0.15, 0.2) is 218 Å². The Balaban J connectivity index is 0.953. The SMILES string of the molecule is c1ccc(-c2cccc(N3c4ccc(-c5ccc6c(c5)Oc5cc7cc8ccccc8cc7cc5N6c5cccc6ccccc56)cc4Oc4cc5ccccc5cc43)c2)cc1. The summed E-state index contributed by atoms with van der Waals surface area (Å²) in [4.78, 5) is 4.70. The molecule has 0 aliphatic carbocycles. The molecule has 0 radical (unpaired) electrons. The van der Waals surface area contributed by atoms with Gasteiger partial charge in [-0.05, 0) is 139 Å². The van der Waals surface area contributed by atoms with Gasteiger partial charge in [0.15, 0.2) is 23.0 Å². The molecule has 0 bridgehead atoms. The van der Waals surface area contributed by atoms with Crippen molar-refractivity contribution >= 4 is 77.2 Å². The molecule has 4 heteroatoms. The maximum Gasteiger partial charge on any atom is 0.152 e. The first-order chi connectivity index (χ1) is 30.7. The number of hydrogen-bond acceptors (Lipinski definition) is 4. The zero-order valence-electron chi connectivity index (χ0n) is 33.5. The molecular weight excluding hydrogens is 757 g/mol. The Labute approximate surface area is 358 Å². The van der Waals surface area contributed by atoms with Crippen molar-refractivity contribution in [3.8, 4) is 45.3 Å². The van der Waals surface area contributed by atoms with Crippen LogP contribution in [-0.2, 0) is 0 Å². The fourth-order valence-corrected chi connectivity index (χ4v) is 9.49. The first-order valence-corrected chi connectivity index (χ1v) is 21.1. The summed E-state index contributed by atoms with van der Waals surface area (Å²) in [5, 5.41) is 9.38. The van der Waals surface area contributed by atoms with Gasteiger partial charge in [0.05, 0.1) is 28.4 Å². The Morgan fingerprint density at radius 1 is 0.242 bits per heavy atom. The number of ether oxygens (including phenoxy) is 2. The summed E-state index contributed by atoms with van der Waals surface area (Å²) in [6.45, 7) is 0. The van der Waals surface area contributed by atoms with Crippen molar-refractivity contribution in [2.45, 2.75) is 0 Å². The highest BCUT2D eigenvalue weighted by atomic mass is 16.5. The van der Waals surface area contributed by atoms with Gasteiger partial charge in [-0.15, -0.1) is 0 Å². The van der Waals surface area contributed by atoms with Crippen molar-refractivity contribution in [3.05, 3.63) is 218 Å². The molecular formula is C58H36N2O2. The highest BCUT2D eigenvalue weighted by Crippen LogP contribution is 2.56. The van der Waals surface area contributed by atoms with Gasteiger partial charge in [0.25, 0.3) is 0 Å². The number of nitrogens with zero attached hydrogens (tertiary/aromatic N) is 2. The number of benzene rings is 11. The van der Waals surface area contributed by atoms with Gasteiger partial charge in [0.1, 0.15) is 0 Å². The minimum atomic E-state index is 0.787. The van der Waals surface area contributed by atoms with Crippen molar-refractivity contribution in [1.29, 1.82) is 0 Å². The lowest BCUT2D eigenvalue weighted by Gasteiger charge is -2.34. The van der Waals surface area contributed by atoms with Crippen LogP contribution >= 0.6 is 0 Å². The first kappa shape index (κ1) is 34.5. The molecule has 0 fully saturated rings. The quantitative estimate of drug-likeness (QED) is 0.166. The van der Waals surface area contributed by atoms with Gasteiger partial charge >= 0.3 is 0 Å². The minimum absolute atomic E-state index is 0.787. The van der Waals surface area contributed by atoms with Crippen molar-refractivity contribution in [1.82, 2.24) is 0 Å². The number of hydrogen-bond donors (Lipinski definition) is 0.